The van der Waals surface area contributed by atoms with Gasteiger partial charge in [0.2, 0.25) is 5.91 Å². The number of thiazole rings is 1. The summed E-state index contributed by atoms with van der Waals surface area (Å²) in [4.78, 5) is 22.8. The van der Waals surface area contributed by atoms with Crippen LogP contribution in [0.2, 0.25) is 0 Å². The number of likely N-dealkylation sites (tertiary alicyclic amines) is 2. The molecule has 0 unspecified atom stereocenters. The number of hydrogen-bond acceptors (Lipinski definition) is 4. The Kier molecular flexibility index (Phi) is 4.06. The summed E-state index contributed by atoms with van der Waals surface area (Å²) in [6, 6.07) is 0.391. The molecule has 116 valence electrons. The fraction of sp³-hybridized carbons (Fsp3) is 0.750. The van der Waals surface area contributed by atoms with Crippen molar-refractivity contribution in [2.75, 3.05) is 19.6 Å². The second-order valence-corrected chi connectivity index (χ2v) is 7.95. The third-order valence-corrected chi connectivity index (χ3v) is 5.91. The van der Waals surface area contributed by atoms with E-state index < -0.39 is 0 Å². The molecule has 5 heteroatoms. The number of carbonyl (C=O) groups excluding carboxylic acids is 1. The normalized spacial score (nSPS) is 28.0. The minimum atomic E-state index is -0.0819. The summed E-state index contributed by atoms with van der Waals surface area (Å²) in [5.74, 6) is 0.391. The number of piperidine rings is 1. The first-order valence-corrected chi connectivity index (χ1v) is 8.80. The molecule has 3 rings (SSSR count). The molecule has 0 bridgehead atoms. The van der Waals surface area contributed by atoms with Gasteiger partial charge in [0.25, 0.3) is 0 Å². The number of aromatic nitrogens is 1. The Balaban J connectivity index is 1.63. The zero-order valence-electron chi connectivity index (χ0n) is 13.3. The van der Waals surface area contributed by atoms with Crippen LogP contribution in [0.15, 0.2) is 6.20 Å². The van der Waals surface area contributed by atoms with Crippen molar-refractivity contribution in [3.8, 4) is 0 Å². The molecule has 0 radical (unpaired) electrons. The minimum Gasteiger partial charge on any atom is -0.338 e. The largest absolute Gasteiger partial charge is 0.338 e. The number of aryl methyl sites for hydroxylation is 1. The summed E-state index contributed by atoms with van der Waals surface area (Å²) in [7, 11) is 0. The lowest BCUT2D eigenvalue weighted by Crippen LogP contribution is -2.68. The molecule has 1 aromatic rings. The Morgan fingerprint density at radius 3 is 2.90 bits per heavy atom. The Morgan fingerprint density at radius 2 is 2.29 bits per heavy atom. The molecule has 2 saturated heterocycles. The number of carbonyl (C=O) groups is 1. The molecule has 2 fully saturated rings. The lowest BCUT2D eigenvalue weighted by molar-refractivity contribution is -0.170. The van der Waals surface area contributed by atoms with Gasteiger partial charge in [-0.25, -0.2) is 4.98 Å². The highest BCUT2D eigenvalue weighted by atomic mass is 32.1. The van der Waals surface area contributed by atoms with Gasteiger partial charge in [0, 0.05) is 36.8 Å². The third-order valence-electron chi connectivity index (χ3n) is 5.01. The van der Waals surface area contributed by atoms with Crippen molar-refractivity contribution >= 4 is 17.2 Å². The molecule has 2 aliphatic heterocycles. The quantitative estimate of drug-likeness (QED) is 0.803. The summed E-state index contributed by atoms with van der Waals surface area (Å²) in [5, 5.41) is 1.12. The van der Waals surface area contributed by atoms with E-state index in [4.69, 9.17) is 0 Å². The van der Waals surface area contributed by atoms with Crippen LogP contribution >= 0.6 is 11.3 Å². The zero-order valence-corrected chi connectivity index (χ0v) is 14.1. The van der Waals surface area contributed by atoms with Crippen molar-refractivity contribution in [1.29, 1.82) is 0 Å². The van der Waals surface area contributed by atoms with Gasteiger partial charge in [-0.3, -0.25) is 9.69 Å². The lowest BCUT2D eigenvalue weighted by atomic mass is 9.71. The topological polar surface area (TPSA) is 36.4 Å². The summed E-state index contributed by atoms with van der Waals surface area (Å²) in [6.45, 7) is 10.3. The highest BCUT2D eigenvalue weighted by molar-refractivity contribution is 7.11. The predicted molar refractivity (Wildman–Crippen MR) is 85.3 cm³/mol. The molecule has 0 aliphatic carbocycles. The summed E-state index contributed by atoms with van der Waals surface area (Å²) < 4.78 is 0. The van der Waals surface area contributed by atoms with E-state index in [1.54, 1.807) is 11.3 Å². The van der Waals surface area contributed by atoms with E-state index >= 15 is 0 Å². The number of nitrogens with zero attached hydrogens (tertiary/aromatic N) is 3. The van der Waals surface area contributed by atoms with Crippen LogP contribution in [-0.4, -0.2) is 46.4 Å². The van der Waals surface area contributed by atoms with E-state index in [0.717, 1.165) is 50.4 Å². The monoisotopic (exact) mass is 307 g/mol. The molecule has 2 aliphatic rings. The standard InChI is InChI=1S/C16H25N3OS/c1-4-12(2)19-11-16(15(19)20)6-5-7-18(10-16)9-14-8-17-13(3)21-14/h8,12H,4-7,9-11H2,1-3H3/t12-,16-/m0/s1. The van der Waals surface area contributed by atoms with Crippen LogP contribution in [0.4, 0.5) is 0 Å². The van der Waals surface area contributed by atoms with Crippen molar-refractivity contribution in [3.63, 3.8) is 0 Å². The fourth-order valence-corrected chi connectivity index (χ4v) is 4.46. The Hall–Kier alpha value is -0.940. The average molecular weight is 307 g/mol. The van der Waals surface area contributed by atoms with Crippen molar-refractivity contribution in [2.45, 2.75) is 52.6 Å². The predicted octanol–water partition coefficient (Wildman–Crippen LogP) is 2.67. The first-order chi connectivity index (χ1) is 10.0. The van der Waals surface area contributed by atoms with Gasteiger partial charge in [-0.2, -0.15) is 0 Å². The van der Waals surface area contributed by atoms with Gasteiger partial charge in [0.15, 0.2) is 0 Å². The Bertz CT molecular complexity index is 529. The Morgan fingerprint density at radius 1 is 1.48 bits per heavy atom. The second-order valence-electron chi connectivity index (χ2n) is 6.63. The van der Waals surface area contributed by atoms with Crippen molar-refractivity contribution in [3.05, 3.63) is 16.1 Å². The van der Waals surface area contributed by atoms with Gasteiger partial charge in [-0.15, -0.1) is 11.3 Å². The van der Waals surface area contributed by atoms with Crippen LogP contribution in [-0.2, 0) is 11.3 Å². The van der Waals surface area contributed by atoms with Gasteiger partial charge in [0.05, 0.1) is 10.4 Å². The molecule has 1 aromatic heterocycles. The molecular formula is C16H25N3OS. The summed E-state index contributed by atoms with van der Waals surface area (Å²) >= 11 is 1.77. The van der Waals surface area contributed by atoms with E-state index in [0.29, 0.717) is 11.9 Å². The van der Waals surface area contributed by atoms with Crippen molar-refractivity contribution < 1.29 is 4.79 Å². The maximum Gasteiger partial charge on any atom is 0.232 e. The van der Waals surface area contributed by atoms with Crippen LogP contribution in [0.1, 0.15) is 43.0 Å². The maximum atomic E-state index is 12.6. The number of rotatable bonds is 4. The number of β-lactam (4-membered cyclic amide) rings is 1. The van der Waals surface area contributed by atoms with Gasteiger partial charge in [-0.05, 0) is 39.7 Å². The molecule has 1 spiro atoms. The van der Waals surface area contributed by atoms with E-state index in [1.807, 2.05) is 13.1 Å². The van der Waals surface area contributed by atoms with E-state index in [9.17, 15) is 4.79 Å². The van der Waals surface area contributed by atoms with Crippen LogP contribution in [0.5, 0.6) is 0 Å². The molecule has 0 saturated carbocycles. The SMILES string of the molecule is CC[C@H](C)N1C[C@@]2(CCCN(Cc3cnc(C)s3)C2)C1=O. The zero-order chi connectivity index (χ0) is 15.0. The van der Waals surface area contributed by atoms with Gasteiger partial charge < -0.3 is 4.90 Å². The van der Waals surface area contributed by atoms with Crippen molar-refractivity contribution in [2.24, 2.45) is 5.41 Å². The molecule has 2 atom stereocenters. The van der Waals surface area contributed by atoms with E-state index in [1.165, 1.54) is 4.88 Å². The van der Waals surface area contributed by atoms with Crippen molar-refractivity contribution in [1.82, 2.24) is 14.8 Å². The number of amides is 1. The van der Waals surface area contributed by atoms with Crippen LogP contribution in [0.25, 0.3) is 0 Å². The molecule has 3 heterocycles. The van der Waals surface area contributed by atoms with E-state index in [-0.39, 0.29) is 5.41 Å². The highest BCUT2D eigenvalue weighted by Gasteiger charge is 2.54. The smallest absolute Gasteiger partial charge is 0.232 e. The van der Waals surface area contributed by atoms with Gasteiger partial charge in [0.1, 0.15) is 0 Å². The van der Waals surface area contributed by atoms with Crippen LogP contribution in [0, 0.1) is 12.3 Å². The lowest BCUT2D eigenvalue weighted by Gasteiger charge is -2.55. The highest BCUT2D eigenvalue weighted by Crippen LogP contribution is 2.42. The molecule has 1 amide bonds. The Labute approximate surface area is 131 Å². The second kappa shape index (κ2) is 5.69. The minimum absolute atomic E-state index is 0.0819. The molecular weight excluding hydrogens is 282 g/mol. The number of hydrogen-bond donors (Lipinski definition) is 0. The average Bonchev–Trinajstić information content (AvgIpc) is 2.89. The third kappa shape index (κ3) is 2.73. The maximum absolute atomic E-state index is 12.6. The first-order valence-electron chi connectivity index (χ1n) is 7.99. The molecule has 21 heavy (non-hydrogen) atoms. The first kappa shape index (κ1) is 15.0. The van der Waals surface area contributed by atoms with Gasteiger partial charge in [-0.1, -0.05) is 6.92 Å². The summed E-state index contributed by atoms with van der Waals surface area (Å²) in [5.41, 5.74) is -0.0819. The molecule has 0 aromatic carbocycles. The molecule has 0 N–H and O–H groups in total. The summed E-state index contributed by atoms with van der Waals surface area (Å²) in [6.07, 6.45) is 5.23. The van der Waals surface area contributed by atoms with Crippen LogP contribution < -0.4 is 0 Å². The fourth-order valence-electron chi connectivity index (χ4n) is 3.62. The van der Waals surface area contributed by atoms with Crippen LogP contribution in [0.3, 0.4) is 0 Å². The molecule has 4 nitrogen and oxygen atoms in total. The van der Waals surface area contributed by atoms with Gasteiger partial charge >= 0.3 is 0 Å². The van der Waals surface area contributed by atoms with E-state index in [2.05, 4.69) is 28.6 Å².